The van der Waals surface area contributed by atoms with Crippen LogP contribution in [0, 0.1) is 0 Å². The first-order valence-electron chi connectivity index (χ1n) is 13.0. The van der Waals surface area contributed by atoms with Gasteiger partial charge in [0.15, 0.2) is 13.6 Å². The van der Waals surface area contributed by atoms with Crippen molar-refractivity contribution in [1.29, 1.82) is 0 Å². The summed E-state index contributed by atoms with van der Waals surface area (Å²) in [6, 6.07) is 16.9. The number of phenolic OH excluding ortho intramolecular Hbond substituents is 1. The molecule has 0 radical (unpaired) electrons. The zero-order valence-electron chi connectivity index (χ0n) is 23.4. The van der Waals surface area contributed by atoms with E-state index in [9.17, 15) is 14.7 Å². The fourth-order valence-corrected chi connectivity index (χ4v) is 3.73. The minimum Gasteiger partial charge on any atom is -0.508 e. The molecule has 220 valence electrons. The van der Waals surface area contributed by atoms with Gasteiger partial charge in [0.25, 0.3) is 11.8 Å². The first-order valence-corrected chi connectivity index (χ1v) is 13.0. The first kappa shape index (κ1) is 31.1. The number of hydrogen-bond donors (Lipinski definition) is 3. The summed E-state index contributed by atoms with van der Waals surface area (Å²) < 4.78 is 31.7. The van der Waals surface area contributed by atoms with Gasteiger partial charge >= 0.3 is 0 Å². The molecular weight excluding hydrogens is 532 g/mol. The Labute approximate surface area is 239 Å². The zero-order valence-corrected chi connectivity index (χ0v) is 23.4. The van der Waals surface area contributed by atoms with E-state index in [0.29, 0.717) is 60.9 Å². The second-order valence-electron chi connectivity index (χ2n) is 8.75. The summed E-state index contributed by atoms with van der Waals surface area (Å²) in [6.07, 6.45) is 1.23. The second kappa shape index (κ2) is 16.6. The Morgan fingerprint density at radius 2 is 1.29 bits per heavy atom. The molecule has 2 amide bonds. The summed E-state index contributed by atoms with van der Waals surface area (Å²) in [5.41, 5.74) is 1.72. The number of rotatable bonds is 17. The fourth-order valence-electron chi connectivity index (χ4n) is 3.73. The quantitative estimate of drug-likeness (QED) is 0.165. The van der Waals surface area contributed by atoms with E-state index in [2.05, 4.69) is 10.6 Å². The van der Waals surface area contributed by atoms with E-state index in [1.807, 2.05) is 24.3 Å². The number of aromatic hydroxyl groups is 1. The third-order valence-corrected chi connectivity index (χ3v) is 5.81. The van der Waals surface area contributed by atoms with Crippen molar-refractivity contribution in [1.82, 2.24) is 10.6 Å². The monoisotopic (exact) mass is 568 g/mol. The van der Waals surface area contributed by atoms with Crippen LogP contribution in [0.25, 0.3) is 0 Å². The highest BCUT2D eigenvalue weighted by molar-refractivity contribution is 5.97. The Kier molecular flexibility index (Phi) is 12.6. The molecule has 0 fully saturated rings. The van der Waals surface area contributed by atoms with Crippen molar-refractivity contribution in [3.05, 3.63) is 77.4 Å². The van der Waals surface area contributed by atoms with Crippen molar-refractivity contribution in [3.8, 4) is 28.7 Å². The number of hydrogen-bond acceptors (Lipinski definition) is 9. The largest absolute Gasteiger partial charge is 0.508 e. The first-order chi connectivity index (χ1) is 19.9. The molecule has 0 bridgehead atoms. The van der Waals surface area contributed by atoms with Crippen LogP contribution in [0.1, 0.15) is 32.7 Å². The number of amides is 2. The van der Waals surface area contributed by atoms with Gasteiger partial charge in [-0.2, -0.15) is 0 Å². The Bertz CT molecular complexity index is 1270. The van der Waals surface area contributed by atoms with Gasteiger partial charge in [0.1, 0.15) is 28.7 Å². The standard InChI is InChI=1S/C30H36N2O9/c1-36-19-40-27-17-22(33)7-11-25(27)30(35)32-15-13-21-5-8-23(9-6-21)39-16-4-14-31-29(34)26-12-10-24(38-3)18-28(26)41-20-37-2/h5-12,17-18,33H,4,13-16,19-20H2,1-3H3,(H,31,34)(H,32,35). The average Bonchev–Trinajstić information content (AvgIpc) is 2.99. The molecule has 0 aromatic heterocycles. The van der Waals surface area contributed by atoms with E-state index >= 15 is 0 Å². The Hall–Kier alpha value is -4.48. The lowest BCUT2D eigenvalue weighted by Crippen LogP contribution is -2.26. The molecule has 0 saturated carbocycles. The van der Waals surface area contributed by atoms with Gasteiger partial charge in [-0.3, -0.25) is 9.59 Å². The molecule has 3 aromatic carbocycles. The molecule has 0 aliphatic rings. The van der Waals surface area contributed by atoms with E-state index in [0.717, 1.165) is 5.56 Å². The van der Waals surface area contributed by atoms with Crippen LogP contribution in [-0.2, 0) is 15.9 Å². The van der Waals surface area contributed by atoms with Gasteiger partial charge < -0.3 is 44.2 Å². The fraction of sp³-hybridized carbons (Fsp3) is 0.333. The third-order valence-electron chi connectivity index (χ3n) is 5.81. The van der Waals surface area contributed by atoms with E-state index in [-0.39, 0.29) is 36.9 Å². The van der Waals surface area contributed by atoms with Crippen LogP contribution in [0.15, 0.2) is 60.7 Å². The van der Waals surface area contributed by atoms with E-state index in [1.54, 1.807) is 25.3 Å². The zero-order chi connectivity index (χ0) is 29.5. The lowest BCUT2D eigenvalue weighted by molar-refractivity contribution is 0.0496. The smallest absolute Gasteiger partial charge is 0.255 e. The van der Waals surface area contributed by atoms with E-state index in [4.69, 9.17) is 28.4 Å². The van der Waals surface area contributed by atoms with E-state index < -0.39 is 0 Å². The lowest BCUT2D eigenvalue weighted by Gasteiger charge is -2.13. The minimum absolute atomic E-state index is 0.00399. The number of methoxy groups -OCH3 is 3. The van der Waals surface area contributed by atoms with Gasteiger partial charge in [0, 0.05) is 39.4 Å². The topological polar surface area (TPSA) is 134 Å². The number of phenols is 1. The van der Waals surface area contributed by atoms with Gasteiger partial charge in [-0.15, -0.1) is 0 Å². The predicted octanol–water partition coefficient (Wildman–Crippen LogP) is 3.54. The summed E-state index contributed by atoms with van der Waals surface area (Å²) >= 11 is 0. The molecule has 0 unspecified atom stereocenters. The molecular formula is C30H36N2O9. The van der Waals surface area contributed by atoms with Gasteiger partial charge in [-0.05, 0) is 54.8 Å². The number of carbonyl (C=O) groups excluding carboxylic acids is 2. The number of nitrogens with one attached hydrogen (secondary N) is 2. The highest BCUT2D eigenvalue weighted by Gasteiger charge is 2.15. The molecule has 0 aliphatic heterocycles. The lowest BCUT2D eigenvalue weighted by atomic mass is 10.1. The van der Waals surface area contributed by atoms with Gasteiger partial charge in [-0.25, -0.2) is 0 Å². The van der Waals surface area contributed by atoms with Crippen molar-refractivity contribution in [2.24, 2.45) is 0 Å². The molecule has 0 aliphatic carbocycles. The van der Waals surface area contributed by atoms with Crippen molar-refractivity contribution >= 4 is 11.8 Å². The summed E-state index contributed by atoms with van der Waals surface area (Å²) in [6.45, 7) is 1.23. The molecule has 0 saturated heterocycles. The van der Waals surface area contributed by atoms with Gasteiger partial charge in [0.2, 0.25) is 0 Å². The third kappa shape index (κ3) is 9.89. The molecule has 3 N–H and O–H groups in total. The molecule has 0 spiro atoms. The number of benzene rings is 3. The minimum atomic E-state index is -0.311. The van der Waals surface area contributed by atoms with Crippen LogP contribution in [0.2, 0.25) is 0 Å². The Morgan fingerprint density at radius 3 is 1.93 bits per heavy atom. The number of ether oxygens (including phenoxy) is 6. The average molecular weight is 569 g/mol. The van der Waals surface area contributed by atoms with Crippen LogP contribution >= 0.6 is 0 Å². The van der Waals surface area contributed by atoms with Crippen LogP contribution in [0.4, 0.5) is 0 Å². The van der Waals surface area contributed by atoms with Crippen LogP contribution < -0.4 is 29.6 Å². The SMILES string of the molecule is COCOc1cc(OC)ccc1C(=O)NCCCOc1ccc(CCNC(=O)c2ccc(O)cc2OCOC)cc1. The van der Waals surface area contributed by atoms with Crippen LogP contribution in [0.5, 0.6) is 28.7 Å². The van der Waals surface area contributed by atoms with Gasteiger partial charge in [-0.1, -0.05) is 12.1 Å². The van der Waals surface area contributed by atoms with Crippen LogP contribution in [0.3, 0.4) is 0 Å². The van der Waals surface area contributed by atoms with E-state index in [1.165, 1.54) is 32.4 Å². The predicted molar refractivity (Wildman–Crippen MR) is 151 cm³/mol. The Morgan fingerprint density at radius 1 is 0.707 bits per heavy atom. The maximum Gasteiger partial charge on any atom is 0.255 e. The number of carbonyl (C=O) groups is 2. The van der Waals surface area contributed by atoms with Crippen molar-refractivity contribution in [2.75, 3.05) is 54.6 Å². The molecule has 3 rings (SSSR count). The molecule has 41 heavy (non-hydrogen) atoms. The molecule has 11 heteroatoms. The van der Waals surface area contributed by atoms with Crippen LogP contribution in [-0.4, -0.2) is 71.5 Å². The summed E-state index contributed by atoms with van der Waals surface area (Å²) in [5, 5.41) is 15.4. The van der Waals surface area contributed by atoms with Crippen molar-refractivity contribution < 1.29 is 43.1 Å². The normalized spacial score (nSPS) is 10.5. The maximum atomic E-state index is 12.6. The molecule has 0 heterocycles. The molecule has 11 nitrogen and oxygen atoms in total. The summed E-state index contributed by atoms with van der Waals surface area (Å²) in [4.78, 5) is 25.2. The molecule has 0 atom stereocenters. The summed E-state index contributed by atoms with van der Waals surface area (Å²) in [7, 11) is 4.52. The molecule has 3 aromatic rings. The highest BCUT2D eigenvalue weighted by atomic mass is 16.7. The highest BCUT2D eigenvalue weighted by Crippen LogP contribution is 2.25. The summed E-state index contributed by atoms with van der Waals surface area (Å²) in [5.74, 6) is 1.32. The van der Waals surface area contributed by atoms with Crippen molar-refractivity contribution in [3.63, 3.8) is 0 Å². The maximum absolute atomic E-state index is 12.6. The second-order valence-corrected chi connectivity index (χ2v) is 8.75. The van der Waals surface area contributed by atoms with Gasteiger partial charge in [0.05, 0.1) is 24.8 Å². The van der Waals surface area contributed by atoms with Crippen molar-refractivity contribution in [2.45, 2.75) is 12.8 Å². The Balaban J connectivity index is 1.38.